The third kappa shape index (κ3) is 3.93. The Labute approximate surface area is 140 Å². The van der Waals surface area contributed by atoms with E-state index in [1.807, 2.05) is 24.3 Å². The molecule has 0 saturated heterocycles. The molecule has 0 aliphatic heterocycles. The van der Waals surface area contributed by atoms with E-state index in [1.54, 1.807) is 0 Å². The molecule has 6 heteroatoms. The van der Waals surface area contributed by atoms with Crippen LogP contribution in [0.5, 0.6) is 0 Å². The van der Waals surface area contributed by atoms with Gasteiger partial charge >= 0.3 is 5.97 Å². The highest BCUT2D eigenvalue weighted by atomic mass is 16.4. The maximum absolute atomic E-state index is 12.2. The number of carbonyl (C=O) groups excluding carboxylic acids is 2. The summed E-state index contributed by atoms with van der Waals surface area (Å²) >= 11 is 0. The summed E-state index contributed by atoms with van der Waals surface area (Å²) in [6, 6.07) is 7.38. The molecule has 0 spiro atoms. The first-order valence-electron chi connectivity index (χ1n) is 8.45. The van der Waals surface area contributed by atoms with Gasteiger partial charge in [-0.1, -0.05) is 25.0 Å². The van der Waals surface area contributed by atoms with Crippen molar-refractivity contribution in [2.24, 2.45) is 17.8 Å². The molecule has 6 nitrogen and oxygen atoms in total. The van der Waals surface area contributed by atoms with E-state index < -0.39 is 17.8 Å². The van der Waals surface area contributed by atoms with Crippen molar-refractivity contribution in [1.29, 1.82) is 0 Å². The minimum absolute atomic E-state index is 0.0657. The number of carboxylic acid groups (broad SMARTS) is 1. The number of aliphatic carboxylic acids is 1. The Kier molecular flexibility index (Phi) is 4.83. The lowest BCUT2D eigenvalue weighted by Gasteiger charge is -2.12. The van der Waals surface area contributed by atoms with E-state index in [1.165, 1.54) is 0 Å². The van der Waals surface area contributed by atoms with Gasteiger partial charge in [-0.2, -0.15) is 0 Å². The van der Waals surface area contributed by atoms with Gasteiger partial charge in [-0.3, -0.25) is 14.4 Å². The summed E-state index contributed by atoms with van der Waals surface area (Å²) in [7, 11) is 0. The Hall–Kier alpha value is -2.37. The highest BCUT2D eigenvalue weighted by Gasteiger charge is 2.48. The lowest BCUT2D eigenvalue weighted by molar-refractivity contribution is -0.140. The molecule has 2 aliphatic rings. The largest absolute Gasteiger partial charge is 0.481 e. The summed E-state index contributed by atoms with van der Waals surface area (Å²) in [4.78, 5) is 34.8. The molecule has 0 radical (unpaired) electrons. The van der Waals surface area contributed by atoms with Crippen molar-refractivity contribution >= 4 is 23.5 Å². The zero-order chi connectivity index (χ0) is 17.1. The smallest absolute Gasteiger partial charge is 0.307 e. The van der Waals surface area contributed by atoms with Crippen LogP contribution in [-0.2, 0) is 20.9 Å². The van der Waals surface area contributed by atoms with E-state index in [0.29, 0.717) is 13.0 Å². The van der Waals surface area contributed by atoms with E-state index >= 15 is 0 Å². The molecule has 0 bridgehead atoms. The second kappa shape index (κ2) is 7.03. The van der Waals surface area contributed by atoms with E-state index in [0.717, 1.165) is 36.9 Å². The molecule has 3 rings (SSSR count). The number of rotatable bonds is 6. The van der Waals surface area contributed by atoms with Crippen LogP contribution in [0.2, 0.25) is 0 Å². The van der Waals surface area contributed by atoms with Gasteiger partial charge in [-0.15, -0.1) is 0 Å². The average Bonchev–Trinajstić information content (AvgIpc) is 3.19. The molecule has 0 aromatic heterocycles. The Morgan fingerprint density at radius 2 is 1.83 bits per heavy atom. The second-order valence-corrected chi connectivity index (χ2v) is 6.68. The van der Waals surface area contributed by atoms with Crippen LogP contribution in [0.15, 0.2) is 24.3 Å². The maximum Gasteiger partial charge on any atom is 0.307 e. The quantitative estimate of drug-likeness (QED) is 0.745. The predicted octanol–water partition coefficient (Wildman–Crippen LogP) is 2.15. The highest BCUT2D eigenvalue weighted by molar-refractivity contribution is 5.92. The molecule has 2 atom stereocenters. The Bertz CT molecular complexity index is 652. The first-order chi connectivity index (χ1) is 11.5. The molecular formula is C18H22N2O4. The summed E-state index contributed by atoms with van der Waals surface area (Å²) in [6.07, 6.45) is 4.55. The molecule has 0 heterocycles. The first-order valence-corrected chi connectivity index (χ1v) is 8.45. The van der Waals surface area contributed by atoms with Crippen LogP contribution in [0.3, 0.4) is 0 Å². The molecule has 2 amide bonds. The zero-order valence-electron chi connectivity index (χ0n) is 13.5. The number of hydrogen-bond acceptors (Lipinski definition) is 3. The summed E-state index contributed by atoms with van der Waals surface area (Å²) < 4.78 is 0. The maximum atomic E-state index is 12.2. The van der Waals surface area contributed by atoms with Gasteiger partial charge in [-0.25, -0.2) is 0 Å². The lowest BCUT2D eigenvalue weighted by atomic mass is 10.1. The van der Waals surface area contributed by atoms with E-state index in [2.05, 4.69) is 10.6 Å². The standard InChI is InChI=1S/C18H22N2O4/c21-16(12-5-1-2-6-12)20-13-7-3-4-11(8-13)10-19-17(22)14-9-15(14)18(23)24/h3-4,7-8,12,14-15H,1-2,5-6,9-10H2,(H,19,22)(H,20,21)(H,23,24). The topological polar surface area (TPSA) is 95.5 Å². The number of benzene rings is 1. The van der Waals surface area contributed by atoms with Crippen molar-refractivity contribution < 1.29 is 19.5 Å². The fourth-order valence-electron chi connectivity index (χ4n) is 3.27. The van der Waals surface area contributed by atoms with Crippen molar-refractivity contribution in [3.8, 4) is 0 Å². The van der Waals surface area contributed by atoms with Gasteiger partial charge < -0.3 is 15.7 Å². The normalized spacial score (nSPS) is 22.8. The minimum atomic E-state index is -0.910. The highest BCUT2D eigenvalue weighted by Crippen LogP contribution is 2.38. The molecule has 1 aromatic carbocycles. The molecule has 2 saturated carbocycles. The van der Waals surface area contributed by atoms with E-state index in [9.17, 15) is 14.4 Å². The molecule has 24 heavy (non-hydrogen) atoms. The Morgan fingerprint density at radius 3 is 2.50 bits per heavy atom. The summed E-state index contributed by atoms with van der Waals surface area (Å²) in [5, 5.41) is 14.6. The van der Waals surface area contributed by atoms with Gasteiger partial charge in [0.25, 0.3) is 0 Å². The first kappa shape index (κ1) is 16.5. The van der Waals surface area contributed by atoms with Crippen molar-refractivity contribution in [3.05, 3.63) is 29.8 Å². The summed E-state index contributed by atoms with van der Waals surface area (Å²) in [5.41, 5.74) is 1.61. The van der Waals surface area contributed by atoms with Crippen LogP contribution in [0.1, 0.15) is 37.7 Å². The fourth-order valence-corrected chi connectivity index (χ4v) is 3.27. The fraction of sp³-hybridized carbons (Fsp3) is 0.500. The monoisotopic (exact) mass is 330 g/mol. The third-order valence-electron chi connectivity index (χ3n) is 4.83. The van der Waals surface area contributed by atoms with E-state index in [4.69, 9.17) is 5.11 Å². The number of anilines is 1. The molecule has 128 valence electrons. The number of carboxylic acids is 1. The predicted molar refractivity (Wildman–Crippen MR) is 88.1 cm³/mol. The van der Waals surface area contributed by atoms with Crippen LogP contribution in [0.4, 0.5) is 5.69 Å². The molecule has 3 N–H and O–H groups in total. The van der Waals surface area contributed by atoms with Crippen LogP contribution in [0, 0.1) is 17.8 Å². The molecule has 1 aromatic rings. The molecule has 2 fully saturated rings. The summed E-state index contributed by atoms with van der Waals surface area (Å²) in [5.74, 6) is -1.91. The molecular weight excluding hydrogens is 308 g/mol. The summed E-state index contributed by atoms with van der Waals surface area (Å²) in [6.45, 7) is 0.328. The van der Waals surface area contributed by atoms with Crippen LogP contribution < -0.4 is 10.6 Å². The Morgan fingerprint density at radius 1 is 1.08 bits per heavy atom. The molecule has 2 unspecified atom stereocenters. The minimum Gasteiger partial charge on any atom is -0.481 e. The number of hydrogen-bond donors (Lipinski definition) is 3. The second-order valence-electron chi connectivity index (χ2n) is 6.68. The third-order valence-corrected chi connectivity index (χ3v) is 4.83. The van der Waals surface area contributed by atoms with Gasteiger partial charge in [-0.05, 0) is 37.0 Å². The van der Waals surface area contributed by atoms with Crippen molar-refractivity contribution in [3.63, 3.8) is 0 Å². The van der Waals surface area contributed by atoms with Gasteiger partial charge in [0.2, 0.25) is 11.8 Å². The lowest BCUT2D eigenvalue weighted by Crippen LogP contribution is -2.26. The molecule has 2 aliphatic carbocycles. The van der Waals surface area contributed by atoms with Crippen molar-refractivity contribution in [2.75, 3.05) is 5.32 Å². The van der Waals surface area contributed by atoms with Crippen LogP contribution in [-0.4, -0.2) is 22.9 Å². The van der Waals surface area contributed by atoms with Crippen molar-refractivity contribution in [2.45, 2.75) is 38.6 Å². The van der Waals surface area contributed by atoms with Crippen molar-refractivity contribution in [1.82, 2.24) is 5.32 Å². The van der Waals surface area contributed by atoms with Crippen LogP contribution in [0.25, 0.3) is 0 Å². The zero-order valence-corrected chi connectivity index (χ0v) is 13.5. The average molecular weight is 330 g/mol. The number of nitrogens with one attached hydrogen (secondary N) is 2. The van der Waals surface area contributed by atoms with Gasteiger partial charge in [0.15, 0.2) is 0 Å². The van der Waals surface area contributed by atoms with Gasteiger partial charge in [0.05, 0.1) is 11.8 Å². The SMILES string of the molecule is O=C(Nc1cccc(CNC(=O)C2CC2C(=O)O)c1)C1CCCC1. The van der Waals surface area contributed by atoms with Crippen LogP contribution >= 0.6 is 0 Å². The van der Waals surface area contributed by atoms with E-state index in [-0.39, 0.29) is 17.7 Å². The van der Waals surface area contributed by atoms with Gasteiger partial charge in [0.1, 0.15) is 0 Å². The number of amides is 2. The number of carbonyl (C=O) groups is 3. The Balaban J connectivity index is 1.51. The van der Waals surface area contributed by atoms with Gasteiger partial charge in [0, 0.05) is 18.2 Å².